The Morgan fingerprint density at radius 3 is 2.75 bits per heavy atom. The number of nitrogens with one attached hydrogen (secondary N) is 1. The summed E-state index contributed by atoms with van der Waals surface area (Å²) in [6.45, 7) is 6.38. The predicted molar refractivity (Wildman–Crippen MR) is 77.0 cm³/mol. The SMILES string of the molecule is CCNCc1ccc(F)c(CN2CC3CCC(C2)O3)c1. The number of rotatable bonds is 5. The van der Waals surface area contributed by atoms with Gasteiger partial charge in [-0.2, -0.15) is 0 Å². The lowest BCUT2D eigenvalue weighted by Crippen LogP contribution is -2.42. The normalized spacial score (nSPS) is 26.1. The van der Waals surface area contributed by atoms with E-state index in [0.717, 1.165) is 50.1 Å². The van der Waals surface area contributed by atoms with Gasteiger partial charge in [0, 0.05) is 31.7 Å². The van der Waals surface area contributed by atoms with Crippen LogP contribution in [0.1, 0.15) is 30.9 Å². The maximum Gasteiger partial charge on any atom is 0.127 e. The molecule has 1 aromatic carbocycles. The first-order valence-electron chi connectivity index (χ1n) is 7.60. The van der Waals surface area contributed by atoms with Crippen molar-refractivity contribution in [3.05, 3.63) is 35.1 Å². The van der Waals surface area contributed by atoms with Crippen LogP contribution in [0.4, 0.5) is 4.39 Å². The number of nitrogens with zero attached hydrogens (tertiary/aromatic N) is 1. The largest absolute Gasteiger partial charge is 0.372 e. The monoisotopic (exact) mass is 278 g/mol. The molecule has 2 fully saturated rings. The van der Waals surface area contributed by atoms with Crippen LogP contribution in [-0.4, -0.2) is 36.7 Å². The minimum absolute atomic E-state index is 0.0934. The summed E-state index contributed by atoms with van der Waals surface area (Å²) in [5.41, 5.74) is 1.96. The Bertz CT molecular complexity index is 454. The van der Waals surface area contributed by atoms with Crippen LogP contribution in [0.3, 0.4) is 0 Å². The number of benzene rings is 1. The highest BCUT2D eigenvalue weighted by Gasteiger charge is 2.33. The zero-order chi connectivity index (χ0) is 13.9. The van der Waals surface area contributed by atoms with Crippen LogP contribution in [0.2, 0.25) is 0 Å². The third-order valence-corrected chi connectivity index (χ3v) is 4.20. The van der Waals surface area contributed by atoms with Gasteiger partial charge >= 0.3 is 0 Å². The van der Waals surface area contributed by atoms with Gasteiger partial charge in [-0.1, -0.05) is 19.1 Å². The topological polar surface area (TPSA) is 24.5 Å². The minimum atomic E-state index is -0.0934. The molecule has 3 rings (SSSR count). The summed E-state index contributed by atoms with van der Waals surface area (Å²) >= 11 is 0. The Morgan fingerprint density at radius 1 is 1.30 bits per heavy atom. The molecule has 3 nitrogen and oxygen atoms in total. The second kappa shape index (κ2) is 6.20. The molecular weight excluding hydrogens is 255 g/mol. The predicted octanol–water partition coefficient (Wildman–Crippen LogP) is 2.30. The molecule has 0 aromatic heterocycles. The lowest BCUT2D eigenvalue weighted by atomic mass is 10.1. The summed E-state index contributed by atoms with van der Waals surface area (Å²) < 4.78 is 19.8. The molecule has 0 spiro atoms. The van der Waals surface area contributed by atoms with E-state index in [4.69, 9.17) is 4.74 Å². The number of ether oxygens (including phenoxy) is 1. The van der Waals surface area contributed by atoms with Crippen molar-refractivity contribution in [2.45, 2.75) is 45.1 Å². The van der Waals surface area contributed by atoms with Gasteiger partial charge in [0.05, 0.1) is 12.2 Å². The highest BCUT2D eigenvalue weighted by molar-refractivity contribution is 5.25. The first-order valence-corrected chi connectivity index (χ1v) is 7.60. The summed E-state index contributed by atoms with van der Waals surface area (Å²) in [6, 6.07) is 5.46. The second-order valence-corrected chi connectivity index (χ2v) is 5.86. The van der Waals surface area contributed by atoms with Crippen LogP contribution >= 0.6 is 0 Å². The smallest absolute Gasteiger partial charge is 0.127 e. The quantitative estimate of drug-likeness (QED) is 0.894. The number of likely N-dealkylation sites (tertiary alicyclic amines) is 1. The van der Waals surface area contributed by atoms with Crippen molar-refractivity contribution in [2.75, 3.05) is 19.6 Å². The molecule has 1 aromatic rings. The van der Waals surface area contributed by atoms with Gasteiger partial charge in [-0.3, -0.25) is 4.90 Å². The molecule has 110 valence electrons. The fraction of sp³-hybridized carbons (Fsp3) is 0.625. The van der Waals surface area contributed by atoms with Crippen LogP contribution in [0, 0.1) is 5.82 Å². The van der Waals surface area contributed by atoms with Crippen molar-refractivity contribution in [3.63, 3.8) is 0 Å². The standard InChI is InChI=1S/C16H23FN2O/c1-2-18-8-12-3-6-16(17)13(7-12)9-19-10-14-4-5-15(11-19)20-14/h3,6-7,14-15,18H,2,4-5,8-11H2,1H3. The number of fused-ring (bicyclic) bond motifs is 2. The van der Waals surface area contributed by atoms with Crippen LogP contribution < -0.4 is 5.32 Å². The molecule has 0 saturated carbocycles. The van der Waals surface area contributed by atoms with Crippen molar-refractivity contribution < 1.29 is 9.13 Å². The number of halogens is 1. The van der Waals surface area contributed by atoms with E-state index in [1.165, 1.54) is 0 Å². The Kier molecular flexibility index (Phi) is 4.34. The highest BCUT2D eigenvalue weighted by Crippen LogP contribution is 2.27. The molecule has 2 bridgehead atoms. The first kappa shape index (κ1) is 14.0. The van der Waals surface area contributed by atoms with Crippen molar-refractivity contribution >= 4 is 0 Å². The van der Waals surface area contributed by atoms with Gasteiger partial charge < -0.3 is 10.1 Å². The van der Waals surface area contributed by atoms with Crippen molar-refractivity contribution in [1.29, 1.82) is 0 Å². The molecule has 2 aliphatic heterocycles. The number of hydrogen-bond donors (Lipinski definition) is 1. The van der Waals surface area contributed by atoms with Crippen LogP contribution in [0.15, 0.2) is 18.2 Å². The molecule has 2 aliphatic rings. The van der Waals surface area contributed by atoms with Crippen molar-refractivity contribution in [3.8, 4) is 0 Å². The summed E-state index contributed by atoms with van der Waals surface area (Å²) in [5.74, 6) is -0.0934. The van der Waals surface area contributed by atoms with Crippen LogP contribution in [0.25, 0.3) is 0 Å². The van der Waals surface area contributed by atoms with Crippen LogP contribution in [-0.2, 0) is 17.8 Å². The lowest BCUT2D eigenvalue weighted by molar-refractivity contribution is -0.0413. The average Bonchev–Trinajstić information content (AvgIpc) is 2.79. The summed E-state index contributed by atoms with van der Waals surface area (Å²) in [4.78, 5) is 2.33. The van der Waals surface area contributed by atoms with E-state index in [2.05, 4.69) is 17.1 Å². The van der Waals surface area contributed by atoms with E-state index in [1.54, 1.807) is 6.07 Å². The summed E-state index contributed by atoms with van der Waals surface area (Å²) in [6.07, 6.45) is 3.04. The molecule has 2 heterocycles. The highest BCUT2D eigenvalue weighted by atomic mass is 19.1. The molecule has 4 heteroatoms. The number of hydrogen-bond acceptors (Lipinski definition) is 3. The Labute approximate surface area is 120 Å². The lowest BCUT2D eigenvalue weighted by Gasteiger charge is -2.32. The van der Waals surface area contributed by atoms with E-state index < -0.39 is 0 Å². The van der Waals surface area contributed by atoms with E-state index in [1.807, 2.05) is 12.1 Å². The van der Waals surface area contributed by atoms with Gasteiger partial charge in [0.2, 0.25) is 0 Å². The minimum Gasteiger partial charge on any atom is -0.372 e. The Hall–Kier alpha value is -0.970. The molecule has 2 saturated heterocycles. The molecular formula is C16H23FN2O. The molecule has 20 heavy (non-hydrogen) atoms. The molecule has 2 unspecified atom stereocenters. The van der Waals surface area contributed by atoms with Gasteiger partial charge in [0.15, 0.2) is 0 Å². The molecule has 0 radical (unpaired) electrons. The average molecular weight is 278 g/mol. The fourth-order valence-corrected chi connectivity index (χ4v) is 3.20. The number of morpholine rings is 1. The molecule has 1 N–H and O–H groups in total. The Balaban J connectivity index is 1.66. The fourth-order valence-electron chi connectivity index (χ4n) is 3.20. The maximum absolute atomic E-state index is 14.0. The first-order chi connectivity index (χ1) is 9.74. The van der Waals surface area contributed by atoms with Crippen molar-refractivity contribution in [2.24, 2.45) is 0 Å². The van der Waals surface area contributed by atoms with E-state index in [-0.39, 0.29) is 5.82 Å². The summed E-state index contributed by atoms with van der Waals surface area (Å²) in [7, 11) is 0. The van der Waals surface area contributed by atoms with Gasteiger partial charge in [-0.05, 0) is 31.0 Å². The maximum atomic E-state index is 14.0. The van der Waals surface area contributed by atoms with E-state index >= 15 is 0 Å². The molecule has 2 atom stereocenters. The molecule has 0 amide bonds. The third kappa shape index (κ3) is 3.19. The summed E-state index contributed by atoms with van der Waals surface area (Å²) in [5, 5.41) is 3.28. The molecule has 0 aliphatic carbocycles. The van der Waals surface area contributed by atoms with Gasteiger partial charge in [0.25, 0.3) is 0 Å². The second-order valence-electron chi connectivity index (χ2n) is 5.86. The van der Waals surface area contributed by atoms with Gasteiger partial charge in [0.1, 0.15) is 5.82 Å². The van der Waals surface area contributed by atoms with E-state index in [0.29, 0.717) is 18.8 Å². The third-order valence-electron chi connectivity index (χ3n) is 4.20. The van der Waals surface area contributed by atoms with E-state index in [9.17, 15) is 4.39 Å². The van der Waals surface area contributed by atoms with Crippen LogP contribution in [0.5, 0.6) is 0 Å². The zero-order valence-corrected chi connectivity index (χ0v) is 12.1. The zero-order valence-electron chi connectivity index (χ0n) is 12.1. The van der Waals surface area contributed by atoms with Gasteiger partial charge in [-0.25, -0.2) is 4.39 Å². The van der Waals surface area contributed by atoms with Gasteiger partial charge in [-0.15, -0.1) is 0 Å². The van der Waals surface area contributed by atoms with Crippen molar-refractivity contribution in [1.82, 2.24) is 10.2 Å². The Morgan fingerprint density at radius 2 is 2.05 bits per heavy atom.